The topological polar surface area (TPSA) is 117 Å². The number of amides is 1. The highest BCUT2D eigenvalue weighted by Gasteiger charge is 2.17. The van der Waals surface area contributed by atoms with E-state index in [0.29, 0.717) is 19.6 Å². The van der Waals surface area contributed by atoms with Crippen LogP contribution in [0.25, 0.3) is 0 Å². The Morgan fingerprint density at radius 2 is 1.13 bits per heavy atom. The second kappa shape index (κ2) is 16.3. The van der Waals surface area contributed by atoms with Crippen molar-refractivity contribution < 1.29 is 29.7 Å². The van der Waals surface area contributed by atoms with Crippen LogP contribution < -0.4 is 10.8 Å². The van der Waals surface area contributed by atoms with E-state index in [1.54, 1.807) is 18.2 Å². The lowest BCUT2D eigenvalue weighted by Crippen LogP contribution is -2.25. The third-order valence-electron chi connectivity index (χ3n) is 7.63. The van der Waals surface area contributed by atoms with Crippen LogP contribution in [0, 0.1) is 0 Å². The molecule has 0 fully saturated rings. The largest absolute Gasteiger partial charge is 0.478 e. The van der Waals surface area contributed by atoms with Crippen molar-refractivity contribution in [1.29, 1.82) is 0 Å². The standard InChI is InChI=1S/C38H36N2O6/c41-37(35-18-16-32(22-36(35)38(42)43)20-28-9-5-2-6-10-28)39-23-29-11-13-30(14-12-29)24-40-45-25-33-17-15-31(21-34(33)26-46-44)19-27-7-3-1-4-8-27/h1-18,21-22,40,44H,19-20,23-26H2,(H,39,41)(H,42,43). The van der Waals surface area contributed by atoms with Gasteiger partial charge in [-0.25, -0.2) is 9.68 Å². The summed E-state index contributed by atoms with van der Waals surface area (Å²) in [6.07, 6.45) is 1.36. The summed E-state index contributed by atoms with van der Waals surface area (Å²) in [5, 5.41) is 21.7. The molecule has 0 bridgehead atoms. The molecule has 0 radical (unpaired) electrons. The lowest BCUT2D eigenvalue weighted by Gasteiger charge is -2.12. The summed E-state index contributed by atoms with van der Waals surface area (Å²) in [6.45, 7) is 1.07. The van der Waals surface area contributed by atoms with Crippen LogP contribution in [0.1, 0.15) is 65.2 Å². The van der Waals surface area contributed by atoms with E-state index in [-0.39, 0.29) is 24.3 Å². The number of hydroxylamine groups is 1. The monoisotopic (exact) mass is 616 g/mol. The third kappa shape index (κ3) is 9.20. The fourth-order valence-corrected chi connectivity index (χ4v) is 5.19. The molecule has 5 aromatic rings. The van der Waals surface area contributed by atoms with Gasteiger partial charge in [0.05, 0.1) is 17.7 Å². The first-order valence-corrected chi connectivity index (χ1v) is 15.0. The molecular weight excluding hydrogens is 580 g/mol. The smallest absolute Gasteiger partial charge is 0.336 e. The van der Waals surface area contributed by atoms with Crippen LogP contribution in [0.3, 0.4) is 0 Å². The maximum atomic E-state index is 12.9. The van der Waals surface area contributed by atoms with Crippen molar-refractivity contribution in [1.82, 2.24) is 10.8 Å². The van der Waals surface area contributed by atoms with Crippen LogP contribution in [-0.4, -0.2) is 22.2 Å². The van der Waals surface area contributed by atoms with Crippen molar-refractivity contribution in [2.75, 3.05) is 0 Å². The van der Waals surface area contributed by atoms with E-state index in [0.717, 1.165) is 45.4 Å². The fourth-order valence-electron chi connectivity index (χ4n) is 5.19. The molecular formula is C38H36N2O6. The van der Waals surface area contributed by atoms with Crippen molar-refractivity contribution in [2.45, 2.75) is 39.1 Å². The molecule has 0 saturated heterocycles. The van der Waals surface area contributed by atoms with E-state index in [1.165, 1.54) is 5.56 Å². The zero-order chi connectivity index (χ0) is 32.1. The Labute approximate surface area is 268 Å². The molecule has 8 heteroatoms. The molecule has 1 amide bonds. The average Bonchev–Trinajstić information content (AvgIpc) is 3.08. The number of carboxylic acids is 1. The SMILES string of the molecule is O=C(O)c1cc(Cc2ccccc2)ccc1C(=O)NCc1ccc(CNOCc2ccc(Cc3ccccc3)cc2COO)cc1. The van der Waals surface area contributed by atoms with E-state index in [9.17, 15) is 14.7 Å². The summed E-state index contributed by atoms with van der Waals surface area (Å²) in [5.41, 5.74) is 10.9. The Bertz CT molecular complexity index is 1740. The van der Waals surface area contributed by atoms with Gasteiger partial charge in [0.2, 0.25) is 0 Å². The third-order valence-corrected chi connectivity index (χ3v) is 7.63. The molecule has 46 heavy (non-hydrogen) atoms. The van der Waals surface area contributed by atoms with E-state index in [4.69, 9.17) is 10.1 Å². The van der Waals surface area contributed by atoms with Crippen LogP contribution in [0.15, 0.2) is 121 Å². The van der Waals surface area contributed by atoms with Gasteiger partial charge in [-0.2, -0.15) is 5.48 Å². The van der Waals surface area contributed by atoms with Crippen LogP contribution >= 0.6 is 0 Å². The maximum Gasteiger partial charge on any atom is 0.336 e. The Balaban J connectivity index is 1.10. The molecule has 0 aromatic heterocycles. The molecule has 0 unspecified atom stereocenters. The van der Waals surface area contributed by atoms with Crippen LogP contribution in [0.4, 0.5) is 0 Å². The quantitative estimate of drug-likeness (QED) is 0.0587. The second-order valence-electron chi connectivity index (χ2n) is 11.0. The minimum absolute atomic E-state index is 0.0218. The highest BCUT2D eigenvalue weighted by Crippen LogP contribution is 2.19. The van der Waals surface area contributed by atoms with E-state index >= 15 is 0 Å². The molecule has 5 aromatic carbocycles. The van der Waals surface area contributed by atoms with Crippen LogP contribution in [0.2, 0.25) is 0 Å². The average molecular weight is 617 g/mol. The summed E-state index contributed by atoms with van der Waals surface area (Å²) >= 11 is 0. The molecule has 0 aliphatic rings. The summed E-state index contributed by atoms with van der Waals surface area (Å²) in [4.78, 5) is 35.0. The van der Waals surface area contributed by atoms with Gasteiger partial charge in [0.1, 0.15) is 6.61 Å². The number of nitrogens with one attached hydrogen (secondary N) is 2. The van der Waals surface area contributed by atoms with Crippen molar-refractivity contribution in [2.24, 2.45) is 0 Å². The summed E-state index contributed by atoms with van der Waals surface area (Å²) in [7, 11) is 0. The molecule has 234 valence electrons. The van der Waals surface area contributed by atoms with Gasteiger partial charge in [0.15, 0.2) is 0 Å². The molecule has 0 heterocycles. The number of carbonyl (C=O) groups excluding carboxylic acids is 1. The number of carbonyl (C=O) groups is 2. The van der Waals surface area contributed by atoms with Crippen molar-refractivity contribution in [3.63, 3.8) is 0 Å². The minimum Gasteiger partial charge on any atom is -0.478 e. The van der Waals surface area contributed by atoms with E-state index in [1.807, 2.05) is 91.0 Å². The van der Waals surface area contributed by atoms with Crippen molar-refractivity contribution >= 4 is 11.9 Å². The van der Waals surface area contributed by atoms with Gasteiger partial charge in [-0.15, -0.1) is 0 Å². The molecule has 0 aliphatic heterocycles. The number of benzene rings is 5. The summed E-state index contributed by atoms with van der Waals surface area (Å²) in [5.74, 6) is -1.58. The molecule has 4 N–H and O–H groups in total. The zero-order valence-electron chi connectivity index (χ0n) is 25.3. The lowest BCUT2D eigenvalue weighted by molar-refractivity contribution is -0.253. The first-order chi connectivity index (χ1) is 22.5. The Morgan fingerprint density at radius 3 is 1.74 bits per heavy atom. The lowest BCUT2D eigenvalue weighted by atomic mass is 9.98. The van der Waals surface area contributed by atoms with Crippen molar-refractivity contribution in [3.8, 4) is 0 Å². The highest BCUT2D eigenvalue weighted by atomic mass is 17.1. The van der Waals surface area contributed by atoms with Crippen molar-refractivity contribution in [3.05, 3.63) is 177 Å². The van der Waals surface area contributed by atoms with Gasteiger partial charge in [-0.05, 0) is 69.5 Å². The van der Waals surface area contributed by atoms with E-state index in [2.05, 4.69) is 27.8 Å². The van der Waals surface area contributed by atoms with Gasteiger partial charge in [0, 0.05) is 13.1 Å². The normalized spacial score (nSPS) is 10.9. The second-order valence-corrected chi connectivity index (χ2v) is 11.0. The van der Waals surface area contributed by atoms with Gasteiger partial charge < -0.3 is 10.4 Å². The number of hydrogen-bond donors (Lipinski definition) is 4. The minimum atomic E-state index is -1.14. The Morgan fingerprint density at radius 1 is 0.565 bits per heavy atom. The van der Waals surface area contributed by atoms with E-state index < -0.39 is 11.9 Å². The molecule has 8 nitrogen and oxygen atoms in total. The number of aromatic carboxylic acids is 1. The number of rotatable bonds is 15. The number of carboxylic acid groups (broad SMARTS) is 1. The summed E-state index contributed by atoms with van der Waals surface area (Å²) in [6, 6.07) is 38.6. The molecule has 5 rings (SSSR count). The Kier molecular flexibility index (Phi) is 11.4. The molecule has 0 spiro atoms. The molecule has 0 aliphatic carbocycles. The molecule has 0 atom stereocenters. The Hall–Kier alpha value is -5.12. The fraction of sp³-hybridized carbons (Fsp3) is 0.158. The first-order valence-electron chi connectivity index (χ1n) is 15.0. The zero-order valence-corrected chi connectivity index (χ0v) is 25.3. The van der Waals surface area contributed by atoms with Crippen LogP contribution in [-0.2, 0) is 48.9 Å². The van der Waals surface area contributed by atoms with Crippen LogP contribution in [0.5, 0.6) is 0 Å². The van der Waals surface area contributed by atoms with Gasteiger partial charge in [-0.1, -0.05) is 109 Å². The van der Waals surface area contributed by atoms with Gasteiger partial charge in [-0.3, -0.25) is 14.9 Å². The summed E-state index contributed by atoms with van der Waals surface area (Å²) < 4.78 is 0. The predicted octanol–water partition coefficient (Wildman–Crippen LogP) is 6.71. The van der Waals surface area contributed by atoms with Gasteiger partial charge in [0.25, 0.3) is 5.91 Å². The number of hydrogen-bond acceptors (Lipinski definition) is 6. The first kappa shape index (κ1) is 32.3. The highest BCUT2D eigenvalue weighted by molar-refractivity contribution is 6.04. The van der Waals surface area contributed by atoms with Gasteiger partial charge >= 0.3 is 5.97 Å². The molecule has 0 saturated carbocycles. The maximum absolute atomic E-state index is 12.9. The predicted molar refractivity (Wildman–Crippen MR) is 175 cm³/mol.